The average molecular weight is 414 g/mol. The van der Waals surface area contributed by atoms with Crippen molar-refractivity contribution in [3.8, 4) is 28.7 Å². The Bertz CT molecular complexity index is 918. The van der Waals surface area contributed by atoms with E-state index in [0.717, 1.165) is 36.3 Å². The molecule has 2 unspecified atom stereocenters. The molecular weight excluding hydrogens is 388 g/mol. The fraction of sp³-hybridized carbons (Fsp3) is 0.478. The van der Waals surface area contributed by atoms with Crippen molar-refractivity contribution in [3.63, 3.8) is 0 Å². The van der Waals surface area contributed by atoms with Crippen molar-refractivity contribution in [2.45, 2.75) is 25.4 Å². The predicted molar refractivity (Wildman–Crippen MR) is 107 cm³/mol. The Kier molecular flexibility index (Phi) is 4.87. The van der Waals surface area contributed by atoms with Crippen molar-refractivity contribution in [2.75, 3.05) is 34.7 Å². The number of methoxy groups -OCH3 is 3. The molecule has 1 saturated heterocycles. The number of rotatable bonds is 7. The zero-order valence-electron chi connectivity index (χ0n) is 17.4. The number of hydrogen-bond acceptors (Lipinski definition) is 7. The van der Waals surface area contributed by atoms with Gasteiger partial charge in [-0.25, -0.2) is 9.78 Å². The molecular formula is C23H26O7. The molecule has 2 aromatic carbocycles. The Balaban J connectivity index is 1.40. The highest BCUT2D eigenvalue weighted by Gasteiger charge is 2.62. The molecule has 2 aliphatic heterocycles. The summed E-state index contributed by atoms with van der Waals surface area (Å²) >= 11 is 0. The third-order valence-corrected chi connectivity index (χ3v) is 6.49. The standard InChI is InChI=1S/C23H26O7/c1-24-19-8-15(9-20(25-2)22(19)26-3)6-16-12-29-30-21-11-23(16,21)10-14-4-5-17-18(7-14)28-13-27-17/h4-5,7-9,16,21H,6,10-13H2,1-3H3/t16-,21?,23?/m0/s1. The molecule has 1 aliphatic carbocycles. The molecule has 160 valence electrons. The van der Waals surface area contributed by atoms with Crippen LogP contribution in [0.25, 0.3) is 0 Å². The molecule has 0 amide bonds. The molecule has 1 saturated carbocycles. The zero-order chi connectivity index (χ0) is 20.7. The normalized spacial score (nSPS) is 26.1. The Labute approximate surface area is 175 Å². The Morgan fingerprint density at radius 3 is 2.43 bits per heavy atom. The molecule has 2 heterocycles. The van der Waals surface area contributed by atoms with Gasteiger partial charge in [-0.2, -0.15) is 0 Å². The van der Waals surface area contributed by atoms with Crippen molar-refractivity contribution < 1.29 is 33.5 Å². The summed E-state index contributed by atoms with van der Waals surface area (Å²) in [6, 6.07) is 10.2. The number of fused-ring (bicyclic) bond motifs is 2. The second-order valence-corrected chi connectivity index (χ2v) is 8.11. The van der Waals surface area contributed by atoms with Crippen LogP contribution in [0.1, 0.15) is 17.5 Å². The minimum atomic E-state index is 0.0480. The van der Waals surface area contributed by atoms with Crippen molar-refractivity contribution in [1.29, 1.82) is 0 Å². The minimum absolute atomic E-state index is 0.0480. The fourth-order valence-corrected chi connectivity index (χ4v) is 4.78. The van der Waals surface area contributed by atoms with E-state index >= 15 is 0 Å². The first-order chi connectivity index (χ1) is 14.7. The van der Waals surface area contributed by atoms with E-state index in [1.54, 1.807) is 21.3 Å². The molecule has 2 fully saturated rings. The summed E-state index contributed by atoms with van der Waals surface area (Å²) in [6.07, 6.45) is 2.84. The van der Waals surface area contributed by atoms with Gasteiger partial charge in [0.15, 0.2) is 23.0 Å². The largest absolute Gasteiger partial charge is 0.493 e. The van der Waals surface area contributed by atoms with Gasteiger partial charge >= 0.3 is 0 Å². The van der Waals surface area contributed by atoms with Gasteiger partial charge in [0.05, 0.1) is 34.0 Å². The van der Waals surface area contributed by atoms with Crippen molar-refractivity contribution in [1.82, 2.24) is 0 Å². The summed E-state index contributed by atoms with van der Waals surface area (Å²) in [5.41, 5.74) is 2.39. The predicted octanol–water partition coefficient (Wildman–Crippen LogP) is 3.56. The third-order valence-electron chi connectivity index (χ3n) is 6.49. The lowest BCUT2D eigenvalue weighted by molar-refractivity contribution is -0.341. The number of ether oxygens (including phenoxy) is 5. The van der Waals surface area contributed by atoms with Gasteiger partial charge in [-0.3, -0.25) is 0 Å². The van der Waals surface area contributed by atoms with Crippen LogP contribution in [0, 0.1) is 11.3 Å². The van der Waals surface area contributed by atoms with E-state index in [0.29, 0.717) is 29.8 Å². The lowest BCUT2D eigenvalue weighted by Gasteiger charge is -2.31. The molecule has 0 aromatic heterocycles. The van der Waals surface area contributed by atoms with Crippen LogP contribution in [0.5, 0.6) is 28.7 Å². The smallest absolute Gasteiger partial charge is 0.231 e. The van der Waals surface area contributed by atoms with Crippen molar-refractivity contribution in [3.05, 3.63) is 41.5 Å². The van der Waals surface area contributed by atoms with Crippen molar-refractivity contribution in [2.24, 2.45) is 11.3 Å². The quantitative estimate of drug-likeness (QED) is 0.642. The van der Waals surface area contributed by atoms with Gasteiger partial charge in [0.25, 0.3) is 0 Å². The Morgan fingerprint density at radius 1 is 0.933 bits per heavy atom. The van der Waals surface area contributed by atoms with E-state index in [4.69, 9.17) is 33.5 Å². The van der Waals surface area contributed by atoms with Gasteiger partial charge in [0.2, 0.25) is 12.5 Å². The summed E-state index contributed by atoms with van der Waals surface area (Å²) < 4.78 is 27.5. The van der Waals surface area contributed by atoms with Crippen LogP contribution in [0.4, 0.5) is 0 Å². The maximum Gasteiger partial charge on any atom is 0.231 e. The highest BCUT2D eigenvalue weighted by Crippen LogP contribution is 2.60. The van der Waals surface area contributed by atoms with E-state index < -0.39 is 0 Å². The molecule has 0 bridgehead atoms. The lowest BCUT2D eigenvalue weighted by atomic mass is 9.79. The van der Waals surface area contributed by atoms with Crippen LogP contribution in [-0.4, -0.2) is 40.8 Å². The molecule has 0 N–H and O–H groups in total. The second-order valence-electron chi connectivity index (χ2n) is 8.11. The molecule has 3 aliphatic rings. The van der Waals surface area contributed by atoms with Crippen molar-refractivity contribution >= 4 is 0 Å². The molecule has 30 heavy (non-hydrogen) atoms. The lowest BCUT2D eigenvalue weighted by Crippen LogP contribution is -2.34. The topological polar surface area (TPSA) is 64.6 Å². The maximum absolute atomic E-state index is 5.59. The highest BCUT2D eigenvalue weighted by atomic mass is 17.2. The SMILES string of the molecule is COc1cc(C[C@H]2COOC3CC32Cc2ccc3c(c2)OCO3)cc(OC)c1OC. The van der Waals surface area contributed by atoms with Gasteiger partial charge in [-0.05, 0) is 60.6 Å². The first kappa shape index (κ1) is 19.3. The molecule has 3 atom stereocenters. The summed E-state index contributed by atoms with van der Waals surface area (Å²) in [4.78, 5) is 11.1. The molecule has 0 spiro atoms. The van der Waals surface area contributed by atoms with Gasteiger partial charge in [-0.15, -0.1) is 0 Å². The Morgan fingerprint density at radius 2 is 1.70 bits per heavy atom. The van der Waals surface area contributed by atoms with Gasteiger partial charge in [0.1, 0.15) is 0 Å². The van der Waals surface area contributed by atoms with Gasteiger partial charge < -0.3 is 23.7 Å². The highest BCUT2D eigenvalue weighted by molar-refractivity contribution is 5.54. The van der Waals surface area contributed by atoms with Gasteiger partial charge in [0, 0.05) is 5.41 Å². The zero-order valence-corrected chi connectivity index (χ0v) is 17.4. The number of benzene rings is 2. The van der Waals surface area contributed by atoms with E-state index in [9.17, 15) is 0 Å². The fourth-order valence-electron chi connectivity index (χ4n) is 4.78. The molecule has 7 nitrogen and oxygen atoms in total. The first-order valence-electron chi connectivity index (χ1n) is 10.1. The van der Waals surface area contributed by atoms with E-state index in [1.165, 1.54) is 5.56 Å². The van der Waals surface area contributed by atoms with Crippen LogP contribution in [0.3, 0.4) is 0 Å². The molecule has 2 aromatic rings. The monoisotopic (exact) mass is 414 g/mol. The van der Waals surface area contributed by atoms with E-state index in [1.807, 2.05) is 18.2 Å². The summed E-state index contributed by atoms with van der Waals surface area (Å²) in [5.74, 6) is 3.86. The summed E-state index contributed by atoms with van der Waals surface area (Å²) in [7, 11) is 4.88. The maximum atomic E-state index is 5.59. The van der Waals surface area contributed by atoms with Crippen LogP contribution in [-0.2, 0) is 22.6 Å². The van der Waals surface area contributed by atoms with Crippen LogP contribution in [0.15, 0.2) is 30.3 Å². The third kappa shape index (κ3) is 3.22. The summed E-state index contributed by atoms with van der Waals surface area (Å²) in [6.45, 7) is 0.838. The first-order valence-corrected chi connectivity index (χ1v) is 10.1. The Hall–Kier alpha value is -2.64. The van der Waals surface area contributed by atoms with Crippen LogP contribution < -0.4 is 23.7 Å². The van der Waals surface area contributed by atoms with E-state index in [2.05, 4.69) is 12.1 Å². The van der Waals surface area contributed by atoms with Gasteiger partial charge in [-0.1, -0.05) is 6.07 Å². The molecule has 5 rings (SSSR count). The molecule has 0 radical (unpaired) electrons. The van der Waals surface area contributed by atoms with Crippen LogP contribution >= 0.6 is 0 Å². The second kappa shape index (κ2) is 7.56. The van der Waals surface area contributed by atoms with E-state index in [-0.39, 0.29) is 18.3 Å². The van der Waals surface area contributed by atoms with Crippen LogP contribution in [0.2, 0.25) is 0 Å². The number of hydrogen-bond donors (Lipinski definition) is 0. The minimum Gasteiger partial charge on any atom is -0.493 e. The average Bonchev–Trinajstić information content (AvgIpc) is 3.30. The summed E-state index contributed by atoms with van der Waals surface area (Å²) in [5, 5.41) is 0. The molecule has 7 heteroatoms.